The van der Waals surface area contributed by atoms with Gasteiger partial charge in [-0.15, -0.1) is 0 Å². The third-order valence-corrected chi connectivity index (χ3v) is 2.33. The van der Waals surface area contributed by atoms with E-state index in [0.717, 1.165) is 6.07 Å². The fourth-order valence-corrected chi connectivity index (χ4v) is 1.48. The molecule has 0 fully saturated rings. The molecule has 1 unspecified atom stereocenters. The van der Waals surface area contributed by atoms with E-state index in [1.54, 1.807) is 6.92 Å². The smallest absolute Gasteiger partial charge is 0.383 e. The summed E-state index contributed by atoms with van der Waals surface area (Å²) in [5.41, 5.74) is -1.71. The number of ether oxygens (including phenoxy) is 1. The fourth-order valence-electron chi connectivity index (χ4n) is 1.48. The summed E-state index contributed by atoms with van der Waals surface area (Å²) >= 11 is 0. The summed E-state index contributed by atoms with van der Waals surface area (Å²) in [4.78, 5) is 11.7. The van der Waals surface area contributed by atoms with Crippen LogP contribution in [0.1, 0.15) is 22.8 Å². The third-order valence-electron chi connectivity index (χ3n) is 2.33. The highest BCUT2D eigenvalue weighted by molar-refractivity contribution is 5.94. The number of carbonyl (C=O) groups excluding carboxylic acids is 1. The highest BCUT2D eigenvalue weighted by atomic mass is 19.4. The summed E-state index contributed by atoms with van der Waals surface area (Å²) in [7, 11) is 1.43. The minimum Gasteiger partial charge on any atom is -0.383 e. The molecule has 0 aliphatic rings. The maximum Gasteiger partial charge on any atom is 0.419 e. The van der Waals surface area contributed by atoms with Crippen LogP contribution in [-0.4, -0.2) is 25.7 Å². The molecular formula is C12H13F4NO2. The van der Waals surface area contributed by atoms with Crippen molar-refractivity contribution in [2.24, 2.45) is 0 Å². The van der Waals surface area contributed by atoms with Crippen molar-refractivity contribution in [3.05, 3.63) is 35.1 Å². The van der Waals surface area contributed by atoms with E-state index in [4.69, 9.17) is 4.74 Å². The summed E-state index contributed by atoms with van der Waals surface area (Å²) in [6, 6.07) is 1.75. The summed E-state index contributed by atoms with van der Waals surface area (Å²) in [6.07, 6.45) is -4.83. The van der Waals surface area contributed by atoms with Crippen LogP contribution in [0.25, 0.3) is 0 Å². The fraction of sp³-hybridized carbons (Fsp3) is 0.417. The van der Waals surface area contributed by atoms with E-state index in [1.807, 2.05) is 0 Å². The highest BCUT2D eigenvalue weighted by Gasteiger charge is 2.34. The maximum atomic E-state index is 13.0. The lowest BCUT2D eigenvalue weighted by molar-refractivity contribution is -0.140. The Morgan fingerprint density at radius 1 is 1.42 bits per heavy atom. The maximum absolute atomic E-state index is 13.0. The van der Waals surface area contributed by atoms with E-state index >= 15 is 0 Å². The van der Waals surface area contributed by atoms with Crippen molar-refractivity contribution in [2.45, 2.75) is 19.1 Å². The van der Waals surface area contributed by atoms with Crippen molar-refractivity contribution in [3.8, 4) is 0 Å². The van der Waals surface area contributed by atoms with Gasteiger partial charge in [0.05, 0.1) is 12.2 Å². The lowest BCUT2D eigenvalue weighted by atomic mass is 10.1. The monoisotopic (exact) mass is 279 g/mol. The molecule has 19 heavy (non-hydrogen) atoms. The van der Waals surface area contributed by atoms with Crippen molar-refractivity contribution >= 4 is 5.91 Å². The summed E-state index contributed by atoms with van der Waals surface area (Å²) in [5.74, 6) is -2.12. The van der Waals surface area contributed by atoms with Crippen LogP contribution in [-0.2, 0) is 10.9 Å². The van der Waals surface area contributed by atoms with Gasteiger partial charge < -0.3 is 10.1 Å². The van der Waals surface area contributed by atoms with Crippen molar-refractivity contribution in [1.29, 1.82) is 0 Å². The van der Waals surface area contributed by atoms with E-state index in [9.17, 15) is 22.4 Å². The van der Waals surface area contributed by atoms with Crippen LogP contribution in [0.2, 0.25) is 0 Å². The molecule has 1 aromatic carbocycles. The van der Waals surface area contributed by atoms with Gasteiger partial charge in [0.25, 0.3) is 5.91 Å². The van der Waals surface area contributed by atoms with Gasteiger partial charge in [0.15, 0.2) is 0 Å². The van der Waals surface area contributed by atoms with Crippen LogP contribution in [0.4, 0.5) is 17.6 Å². The molecule has 0 saturated heterocycles. The normalized spacial score (nSPS) is 13.2. The Morgan fingerprint density at radius 2 is 2.05 bits per heavy atom. The van der Waals surface area contributed by atoms with Crippen LogP contribution in [0.3, 0.4) is 0 Å². The van der Waals surface area contributed by atoms with Crippen molar-refractivity contribution < 1.29 is 27.1 Å². The number of carbonyl (C=O) groups is 1. The first-order valence-electron chi connectivity index (χ1n) is 5.42. The van der Waals surface area contributed by atoms with Crippen LogP contribution < -0.4 is 5.32 Å². The first kappa shape index (κ1) is 15.4. The zero-order valence-corrected chi connectivity index (χ0v) is 10.3. The Morgan fingerprint density at radius 3 is 2.58 bits per heavy atom. The number of hydrogen-bond acceptors (Lipinski definition) is 2. The molecule has 0 saturated carbocycles. The molecular weight excluding hydrogens is 266 g/mol. The van der Waals surface area contributed by atoms with Gasteiger partial charge in [-0.25, -0.2) is 4.39 Å². The predicted molar refractivity (Wildman–Crippen MR) is 60.2 cm³/mol. The number of halogens is 4. The minimum absolute atomic E-state index is 0.221. The summed E-state index contributed by atoms with van der Waals surface area (Å²) in [5, 5.41) is 2.44. The van der Waals surface area contributed by atoms with Crippen LogP contribution >= 0.6 is 0 Å². The van der Waals surface area contributed by atoms with Gasteiger partial charge in [0.1, 0.15) is 5.82 Å². The molecule has 0 radical (unpaired) electrons. The Kier molecular flexibility index (Phi) is 4.88. The number of rotatable bonds is 4. The number of alkyl halides is 3. The van der Waals surface area contributed by atoms with E-state index in [1.165, 1.54) is 7.11 Å². The van der Waals surface area contributed by atoms with Crippen LogP contribution in [0.15, 0.2) is 18.2 Å². The second-order valence-corrected chi connectivity index (χ2v) is 4.02. The van der Waals surface area contributed by atoms with Gasteiger partial charge in [-0.05, 0) is 25.1 Å². The molecule has 1 aromatic rings. The topological polar surface area (TPSA) is 38.3 Å². The van der Waals surface area contributed by atoms with Gasteiger partial charge in [-0.2, -0.15) is 13.2 Å². The van der Waals surface area contributed by atoms with E-state index in [-0.39, 0.29) is 18.2 Å². The largest absolute Gasteiger partial charge is 0.419 e. The van der Waals surface area contributed by atoms with Crippen molar-refractivity contribution in [3.63, 3.8) is 0 Å². The Balaban J connectivity index is 2.93. The molecule has 0 aromatic heterocycles. The van der Waals surface area contributed by atoms with Gasteiger partial charge in [0, 0.05) is 18.7 Å². The first-order chi connectivity index (χ1) is 8.75. The summed E-state index contributed by atoms with van der Waals surface area (Å²) < 4.78 is 55.3. The van der Waals surface area contributed by atoms with E-state index in [0.29, 0.717) is 12.1 Å². The van der Waals surface area contributed by atoms with Crippen LogP contribution in [0.5, 0.6) is 0 Å². The number of nitrogens with one attached hydrogen (secondary N) is 1. The quantitative estimate of drug-likeness (QED) is 0.860. The molecule has 0 aliphatic carbocycles. The van der Waals surface area contributed by atoms with Gasteiger partial charge >= 0.3 is 6.18 Å². The molecule has 3 nitrogen and oxygen atoms in total. The van der Waals surface area contributed by atoms with Crippen molar-refractivity contribution in [2.75, 3.05) is 13.7 Å². The molecule has 7 heteroatoms. The van der Waals surface area contributed by atoms with E-state index in [2.05, 4.69) is 5.32 Å². The Bertz CT molecular complexity index is 460. The van der Waals surface area contributed by atoms with Crippen LogP contribution in [0, 0.1) is 5.82 Å². The lowest BCUT2D eigenvalue weighted by Gasteiger charge is -2.14. The first-order valence-corrected chi connectivity index (χ1v) is 5.42. The summed E-state index contributed by atoms with van der Waals surface area (Å²) in [6.45, 7) is 1.86. The number of amides is 1. The minimum atomic E-state index is -4.83. The lowest BCUT2D eigenvalue weighted by Crippen LogP contribution is -2.35. The molecule has 0 bridgehead atoms. The third kappa shape index (κ3) is 4.20. The number of benzene rings is 1. The molecule has 106 valence electrons. The number of hydrogen-bond donors (Lipinski definition) is 1. The molecule has 1 atom stereocenters. The molecule has 1 amide bonds. The SMILES string of the molecule is COCC(C)NC(=O)c1ccc(F)c(C(F)(F)F)c1. The average Bonchev–Trinajstić information content (AvgIpc) is 2.27. The highest BCUT2D eigenvalue weighted by Crippen LogP contribution is 2.31. The molecule has 0 spiro atoms. The standard InChI is InChI=1S/C12H13F4NO2/c1-7(6-19-2)17-11(18)8-3-4-10(13)9(5-8)12(14,15)16/h3-5,7H,6H2,1-2H3,(H,17,18). The second kappa shape index (κ2) is 6.01. The zero-order chi connectivity index (χ0) is 14.6. The van der Waals surface area contributed by atoms with Gasteiger partial charge in [-0.1, -0.05) is 0 Å². The predicted octanol–water partition coefficient (Wildman–Crippen LogP) is 2.61. The van der Waals surface area contributed by atoms with Gasteiger partial charge in [0.2, 0.25) is 0 Å². The average molecular weight is 279 g/mol. The Hall–Kier alpha value is -1.63. The Labute approximate surface area is 107 Å². The number of methoxy groups -OCH3 is 1. The zero-order valence-electron chi connectivity index (χ0n) is 10.3. The molecule has 1 rings (SSSR count). The van der Waals surface area contributed by atoms with E-state index < -0.39 is 23.5 Å². The van der Waals surface area contributed by atoms with Gasteiger partial charge in [-0.3, -0.25) is 4.79 Å². The molecule has 0 aliphatic heterocycles. The molecule has 1 N–H and O–H groups in total. The molecule has 0 heterocycles. The van der Waals surface area contributed by atoms with Crippen molar-refractivity contribution in [1.82, 2.24) is 5.32 Å². The second-order valence-electron chi connectivity index (χ2n) is 4.02.